The van der Waals surface area contributed by atoms with Gasteiger partial charge in [-0.1, -0.05) is 38.1 Å². The number of hydrogen-bond donors (Lipinski definition) is 2. The van der Waals surface area contributed by atoms with Crippen molar-refractivity contribution in [3.05, 3.63) is 60.0 Å². The summed E-state index contributed by atoms with van der Waals surface area (Å²) < 4.78 is 5.61. The number of aromatic nitrogens is 1. The average molecular weight is 324 g/mol. The lowest BCUT2D eigenvalue weighted by Gasteiger charge is -2.23. The highest BCUT2D eigenvalue weighted by Crippen LogP contribution is 2.24. The summed E-state index contributed by atoms with van der Waals surface area (Å²) in [4.78, 5) is 16.8. The van der Waals surface area contributed by atoms with Crippen LogP contribution in [0.1, 0.15) is 25.3 Å². The number of hydrogen-bond acceptors (Lipinski definition) is 4. The maximum absolute atomic E-state index is 12.5. The van der Waals surface area contributed by atoms with E-state index in [-0.39, 0.29) is 18.2 Å². The van der Waals surface area contributed by atoms with Gasteiger partial charge in [-0.05, 0) is 36.2 Å². The van der Waals surface area contributed by atoms with Crippen LogP contribution in [0.15, 0.2) is 52.9 Å². The summed E-state index contributed by atoms with van der Waals surface area (Å²) in [5.41, 5.74) is 1.91. The molecule has 5 heteroatoms. The molecule has 0 aliphatic rings. The Kier molecular flexibility index (Phi) is 4.25. The van der Waals surface area contributed by atoms with Crippen molar-refractivity contribution in [3.8, 4) is 5.75 Å². The van der Waals surface area contributed by atoms with Crippen molar-refractivity contribution in [2.45, 2.75) is 26.8 Å². The number of aromatic hydroxyl groups is 1. The van der Waals surface area contributed by atoms with Crippen LogP contribution in [0.25, 0.3) is 11.1 Å². The second-order valence-electron chi connectivity index (χ2n) is 6.49. The highest BCUT2D eigenvalue weighted by atomic mass is 16.3. The average Bonchev–Trinajstić information content (AvgIpc) is 2.97. The topological polar surface area (TPSA) is 75.4 Å². The molecule has 1 amide bonds. The fourth-order valence-electron chi connectivity index (χ4n) is 2.60. The van der Waals surface area contributed by atoms with Crippen molar-refractivity contribution in [2.24, 2.45) is 5.41 Å². The monoisotopic (exact) mass is 324 g/mol. The quantitative estimate of drug-likeness (QED) is 0.754. The van der Waals surface area contributed by atoms with E-state index in [2.05, 4.69) is 10.3 Å². The fourth-order valence-corrected chi connectivity index (χ4v) is 2.60. The molecule has 0 bridgehead atoms. The summed E-state index contributed by atoms with van der Waals surface area (Å²) in [6.07, 6.45) is 0.576. The number of carbonyl (C=O) groups excluding carboxylic acids is 1. The van der Waals surface area contributed by atoms with E-state index in [0.717, 1.165) is 11.1 Å². The summed E-state index contributed by atoms with van der Waals surface area (Å²) in [6.45, 7) is 4.04. The standard InChI is InChI=1S/C19H20N2O3/c1-19(2,11-13-7-9-14(22)10-8-13)18(23)20-12-17-21-15-5-3-4-6-16(15)24-17/h3-10,22H,11-12H2,1-2H3,(H,20,23). The second-order valence-corrected chi connectivity index (χ2v) is 6.49. The molecule has 3 aromatic rings. The van der Waals surface area contributed by atoms with Crippen molar-refractivity contribution in [1.82, 2.24) is 10.3 Å². The zero-order chi connectivity index (χ0) is 17.2. The van der Waals surface area contributed by atoms with E-state index < -0.39 is 5.41 Å². The Bertz CT molecular complexity index is 817. The fraction of sp³-hybridized carbons (Fsp3) is 0.263. The Balaban J connectivity index is 1.63. The Morgan fingerprint density at radius 3 is 2.58 bits per heavy atom. The number of carbonyl (C=O) groups is 1. The van der Waals surface area contributed by atoms with Gasteiger partial charge >= 0.3 is 0 Å². The first-order valence-electron chi connectivity index (χ1n) is 7.85. The Hall–Kier alpha value is -2.82. The van der Waals surface area contributed by atoms with Crippen LogP contribution in [0.5, 0.6) is 5.75 Å². The van der Waals surface area contributed by atoms with Gasteiger partial charge in [-0.25, -0.2) is 4.98 Å². The lowest BCUT2D eigenvalue weighted by atomic mass is 9.85. The van der Waals surface area contributed by atoms with Crippen molar-refractivity contribution in [2.75, 3.05) is 0 Å². The zero-order valence-corrected chi connectivity index (χ0v) is 13.7. The Morgan fingerprint density at radius 2 is 1.88 bits per heavy atom. The lowest BCUT2D eigenvalue weighted by molar-refractivity contribution is -0.129. The summed E-state index contributed by atoms with van der Waals surface area (Å²) in [6, 6.07) is 14.4. The van der Waals surface area contributed by atoms with Gasteiger partial charge < -0.3 is 14.8 Å². The van der Waals surface area contributed by atoms with Crippen LogP contribution in [0, 0.1) is 5.41 Å². The van der Waals surface area contributed by atoms with E-state index in [9.17, 15) is 9.90 Å². The smallest absolute Gasteiger partial charge is 0.226 e. The third-order valence-electron chi connectivity index (χ3n) is 3.94. The molecule has 0 radical (unpaired) electrons. The van der Waals surface area contributed by atoms with E-state index in [1.165, 1.54) is 0 Å². The molecule has 5 nitrogen and oxygen atoms in total. The van der Waals surface area contributed by atoms with Crippen LogP contribution in [0.2, 0.25) is 0 Å². The molecule has 0 spiro atoms. The maximum Gasteiger partial charge on any atom is 0.226 e. The minimum Gasteiger partial charge on any atom is -0.508 e. The molecular formula is C19H20N2O3. The molecule has 3 rings (SSSR count). The van der Waals surface area contributed by atoms with Gasteiger partial charge in [0, 0.05) is 5.41 Å². The molecule has 124 valence electrons. The molecule has 0 saturated carbocycles. The highest BCUT2D eigenvalue weighted by molar-refractivity contribution is 5.82. The van der Waals surface area contributed by atoms with E-state index in [1.807, 2.05) is 50.2 Å². The number of nitrogens with one attached hydrogen (secondary N) is 1. The van der Waals surface area contributed by atoms with Crippen molar-refractivity contribution < 1.29 is 14.3 Å². The number of fused-ring (bicyclic) bond motifs is 1. The van der Waals surface area contributed by atoms with Gasteiger partial charge in [0.05, 0.1) is 6.54 Å². The van der Waals surface area contributed by atoms with E-state index >= 15 is 0 Å². The first-order valence-corrected chi connectivity index (χ1v) is 7.85. The predicted octanol–water partition coefficient (Wildman–Crippen LogP) is 3.42. The number of benzene rings is 2. The Morgan fingerprint density at radius 1 is 1.17 bits per heavy atom. The number of amides is 1. The molecule has 0 aliphatic heterocycles. The van der Waals surface area contributed by atoms with Crippen molar-refractivity contribution >= 4 is 17.0 Å². The molecule has 1 heterocycles. The van der Waals surface area contributed by atoms with Gasteiger partial charge in [0.25, 0.3) is 0 Å². The number of phenols is 1. The molecule has 1 aromatic heterocycles. The van der Waals surface area contributed by atoms with E-state index in [4.69, 9.17) is 4.42 Å². The third kappa shape index (κ3) is 3.56. The number of para-hydroxylation sites is 2. The zero-order valence-electron chi connectivity index (χ0n) is 13.7. The lowest BCUT2D eigenvalue weighted by Crippen LogP contribution is -2.38. The second kappa shape index (κ2) is 6.35. The normalized spacial score (nSPS) is 11.6. The number of phenolic OH excluding ortho intramolecular Hbond substituents is 1. The molecule has 0 unspecified atom stereocenters. The van der Waals surface area contributed by atoms with Crippen LogP contribution in [0.4, 0.5) is 0 Å². The molecule has 0 aliphatic carbocycles. The van der Waals surface area contributed by atoms with E-state index in [0.29, 0.717) is 17.9 Å². The summed E-state index contributed by atoms with van der Waals surface area (Å²) >= 11 is 0. The minimum atomic E-state index is -0.580. The number of nitrogens with zero attached hydrogens (tertiary/aromatic N) is 1. The number of oxazole rings is 1. The van der Waals surface area contributed by atoms with Crippen LogP contribution in [0.3, 0.4) is 0 Å². The van der Waals surface area contributed by atoms with Gasteiger partial charge in [-0.2, -0.15) is 0 Å². The maximum atomic E-state index is 12.5. The summed E-state index contributed by atoms with van der Waals surface area (Å²) in [7, 11) is 0. The van der Waals surface area contributed by atoms with Crippen molar-refractivity contribution in [1.29, 1.82) is 0 Å². The summed E-state index contributed by atoms with van der Waals surface area (Å²) in [5, 5.41) is 12.2. The van der Waals surface area contributed by atoms with Gasteiger partial charge in [-0.3, -0.25) is 4.79 Å². The first kappa shape index (κ1) is 16.1. The molecule has 0 atom stereocenters. The number of rotatable bonds is 5. The SMILES string of the molecule is CC(C)(Cc1ccc(O)cc1)C(=O)NCc1nc2ccccc2o1. The highest BCUT2D eigenvalue weighted by Gasteiger charge is 2.28. The largest absolute Gasteiger partial charge is 0.508 e. The molecule has 24 heavy (non-hydrogen) atoms. The van der Waals surface area contributed by atoms with Crippen LogP contribution >= 0.6 is 0 Å². The molecule has 2 aromatic carbocycles. The minimum absolute atomic E-state index is 0.0715. The summed E-state index contributed by atoms with van der Waals surface area (Å²) in [5.74, 6) is 0.639. The molecule has 0 saturated heterocycles. The molecule has 0 fully saturated rings. The molecular weight excluding hydrogens is 304 g/mol. The first-order chi connectivity index (χ1) is 11.4. The third-order valence-corrected chi connectivity index (χ3v) is 3.94. The van der Waals surface area contributed by atoms with E-state index in [1.54, 1.807) is 12.1 Å². The molecule has 2 N–H and O–H groups in total. The van der Waals surface area contributed by atoms with Gasteiger partial charge in [0.1, 0.15) is 11.3 Å². The van der Waals surface area contributed by atoms with Gasteiger partial charge in [0.15, 0.2) is 5.58 Å². The van der Waals surface area contributed by atoms with Gasteiger partial charge in [-0.15, -0.1) is 0 Å². The van der Waals surface area contributed by atoms with Crippen LogP contribution < -0.4 is 5.32 Å². The van der Waals surface area contributed by atoms with Gasteiger partial charge in [0.2, 0.25) is 11.8 Å². The predicted molar refractivity (Wildman–Crippen MR) is 91.4 cm³/mol. The van der Waals surface area contributed by atoms with Crippen LogP contribution in [-0.4, -0.2) is 16.0 Å². The van der Waals surface area contributed by atoms with Crippen LogP contribution in [-0.2, 0) is 17.8 Å². The Labute approximate surface area is 140 Å². The van der Waals surface area contributed by atoms with Crippen molar-refractivity contribution in [3.63, 3.8) is 0 Å².